The molecule has 10 heteroatoms. The fourth-order valence-corrected chi connectivity index (χ4v) is 5.11. The molecule has 196 valence electrons. The Balaban J connectivity index is 1.87. The lowest BCUT2D eigenvalue weighted by atomic mass is 9.95. The van der Waals surface area contributed by atoms with E-state index in [4.69, 9.17) is 9.47 Å². The van der Waals surface area contributed by atoms with Gasteiger partial charge in [-0.3, -0.25) is 14.5 Å². The number of ether oxygens (including phenoxy) is 2. The fraction of sp³-hybridized carbons (Fsp3) is 0.214. The molecule has 2 aromatic carbocycles. The van der Waals surface area contributed by atoms with E-state index in [9.17, 15) is 23.9 Å². The van der Waals surface area contributed by atoms with Gasteiger partial charge in [0.15, 0.2) is 5.13 Å². The van der Waals surface area contributed by atoms with Crippen LogP contribution in [0.1, 0.15) is 45.0 Å². The Morgan fingerprint density at radius 1 is 1.21 bits per heavy atom. The number of hydrogen-bond donors (Lipinski definition) is 1. The topological polar surface area (TPSA) is 106 Å². The van der Waals surface area contributed by atoms with Crippen molar-refractivity contribution < 1.29 is 33.4 Å². The summed E-state index contributed by atoms with van der Waals surface area (Å²) in [4.78, 5) is 44.7. The summed E-state index contributed by atoms with van der Waals surface area (Å²) >= 11 is 0.898. The minimum atomic E-state index is -1.12. The second kappa shape index (κ2) is 11.0. The first-order valence-electron chi connectivity index (χ1n) is 11.7. The number of halogens is 1. The number of benzene rings is 2. The van der Waals surface area contributed by atoms with Gasteiger partial charge in [-0.2, -0.15) is 0 Å². The molecular formula is C28H25FN2O6S. The first kappa shape index (κ1) is 26.7. The zero-order valence-corrected chi connectivity index (χ0v) is 21.8. The van der Waals surface area contributed by atoms with Crippen LogP contribution >= 0.6 is 11.3 Å². The average Bonchev–Trinajstić information content (AvgIpc) is 3.40. The van der Waals surface area contributed by atoms with Crippen molar-refractivity contribution in [2.45, 2.75) is 26.8 Å². The van der Waals surface area contributed by atoms with Crippen LogP contribution in [0.4, 0.5) is 9.52 Å². The molecule has 1 unspecified atom stereocenters. The molecule has 3 aromatic rings. The zero-order chi connectivity index (χ0) is 27.6. The Hall–Kier alpha value is -4.31. The summed E-state index contributed by atoms with van der Waals surface area (Å²) in [6, 6.07) is 8.98. The Kier molecular flexibility index (Phi) is 7.72. The number of nitrogens with zero attached hydrogens (tertiary/aromatic N) is 2. The van der Waals surface area contributed by atoms with Crippen molar-refractivity contribution >= 4 is 39.9 Å². The van der Waals surface area contributed by atoms with Gasteiger partial charge in [0.05, 0.1) is 23.9 Å². The molecule has 0 bridgehead atoms. The van der Waals surface area contributed by atoms with Gasteiger partial charge in [-0.05, 0) is 62.2 Å². The fourth-order valence-electron chi connectivity index (χ4n) is 4.12. The highest BCUT2D eigenvalue weighted by atomic mass is 32.1. The monoisotopic (exact) mass is 536 g/mol. The number of esters is 1. The third-order valence-electron chi connectivity index (χ3n) is 5.89. The van der Waals surface area contributed by atoms with E-state index in [0.29, 0.717) is 34.7 Å². The lowest BCUT2D eigenvalue weighted by molar-refractivity contribution is -0.132. The zero-order valence-electron chi connectivity index (χ0n) is 21.0. The summed E-state index contributed by atoms with van der Waals surface area (Å²) in [5.41, 5.74) is 1.50. The number of aliphatic hydroxyl groups excluding tert-OH is 1. The van der Waals surface area contributed by atoms with Crippen molar-refractivity contribution in [3.63, 3.8) is 0 Å². The predicted molar refractivity (Wildman–Crippen MR) is 141 cm³/mol. The maximum atomic E-state index is 13.8. The molecule has 0 spiro atoms. The van der Waals surface area contributed by atoms with E-state index in [2.05, 4.69) is 11.6 Å². The Morgan fingerprint density at radius 2 is 1.92 bits per heavy atom. The summed E-state index contributed by atoms with van der Waals surface area (Å²) in [6.07, 6.45) is 1.60. The molecule has 1 N–H and O–H groups in total. The summed E-state index contributed by atoms with van der Waals surface area (Å²) in [6.45, 7) is 9.11. The van der Waals surface area contributed by atoms with Crippen LogP contribution in [-0.2, 0) is 14.3 Å². The third-order valence-corrected chi connectivity index (χ3v) is 7.02. The van der Waals surface area contributed by atoms with Gasteiger partial charge in [0.2, 0.25) is 0 Å². The number of rotatable bonds is 8. The van der Waals surface area contributed by atoms with Crippen LogP contribution in [0.15, 0.2) is 60.7 Å². The van der Waals surface area contributed by atoms with Crippen LogP contribution in [0.5, 0.6) is 5.75 Å². The average molecular weight is 537 g/mol. The van der Waals surface area contributed by atoms with Crippen molar-refractivity contribution in [1.82, 2.24) is 4.98 Å². The largest absolute Gasteiger partial charge is 0.507 e. The summed E-state index contributed by atoms with van der Waals surface area (Å²) in [5, 5.41) is 11.4. The number of carbonyl (C=O) groups excluding carboxylic acids is 3. The molecule has 2 heterocycles. The third kappa shape index (κ3) is 4.95. The first-order valence-corrected chi connectivity index (χ1v) is 12.5. The maximum absolute atomic E-state index is 13.8. The number of amides is 1. The van der Waals surface area contributed by atoms with Crippen molar-refractivity contribution in [2.24, 2.45) is 0 Å². The van der Waals surface area contributed by atoms with Crippen molar-refractivity contribution in [3.8, 4) is 5.75 Å². The second-order valence-corrected chi connectivity index (χ2v) is 9.41. The predicted octanol–water partition coefficient (Wildman–Crippen LogP) is 5.27. The first-order chi connectivity index (χ1) is 18.2. The van der Waals surface area contributed by atoms with Gasteiger partial charge >= 0.3 is 11.9 Å². The molecular weight excluding hydrogens is 511 g/mol. The molecule has 1 amide bonds. The molecule has 1 saturated heterocycles. The Morgan fingerprint density at radius 3 is 2.55 bits per heavy atom. The number of aromatic nitrogens is 1. The summed E-state index contributed by atoms with van der Waals surface area (Å²) in [7, 11) is 0. The normalized spacial score (nSPS) is 16.5. The SMILES string of the molecule is C=CCOc1ccc(C(O)=C2C(=O)C(=O)N(c3nc(C)c(C(=O)OCC)s3)C2c2ccc(F)cc2)cc1C. The van der Waals surface area contributed by atoms with Gasteiger partial charge in [-0.15, -0.1) is 0 Å². The van der Waals surface area contributed by atoms with Crippen LogP contribution in [0.2, 0.25) is 0 Å². The molecule has 1 aromatic heterocycles. The van der Waals surface area contributed by atoms with E-state index in [1.165, 1.54) is 24.3 Å². The van der Waals surface area contributed by atoms with Crippen molar-refractivity contribution in [2.75, 3.05) is 18.1 Å². The van der Waals surface area contributed by atoms with E-state index in [1.807, 2.05) is 0 Å². The lowest BCUT2D eigenvalue weighted by Crippen LogP contribution is -2.29. The summed E-state index contributed by atoms with van der Waals surface area (Å²) < 4.78 is 24.4. The number of aryl methyl sites for hydroxylation is 2. The van der Waals surface area contributed by atoms with E-state index in [1.54, 1.807) is 45.0 Å². The molecule has 8 nitrogen and oxygen atoms in total. The van der Waals surface area contributed by atoms with Crippen LogP contribution in [-0.4, -0.2) is 41.0 Å². The quantitative estimate of drug-likeness (QED) is 0.138. The number of ketones is 1. The minimum Gasteiger partial charge on any atom is -0.507 e. The molecule has 0 aliphatic carbocycles. The summed E-state index contributed by atoms with van der Waals surface area (Å²) in [5.74, 6) is -2.82. The highest BCUT2D eigenvalue weighted by Gasteiger charge is 2.48. The van der Waals surface area contributed by atoms with Gasteiger partial charge in [0, 0.05) is 5.56 Å². The maximum Gasteiger partial charge on any atom is 0.350 e. The van der Waals surface area contributed by atoms with Crippen LogP contribution in [0, 0.1) is 19.7 Å². The van der Waals surface area contributed by atoms with Gasteiger partial charge in [-0.25, -0.2) is 14.2 Å². The van der Waals surface area contributed by atoms with Gasteiger partial charge in [0.25, 0.3) is 5.78 Å². The van der Waals surface area contributed by atoms with Gasteiger partial charge < -0.3 is 14.6 Å². The van der Waals surface area contributed by atoms with Gasteiger partial charge in [0.1, 0.15) is 28.8 Å². The molecule has 0 radical (unpaired) electrons. The number of Topliss-reactive ketones (excluding diaryl/α,β-unsaturated/α-hetero) is 1. The highest BCUT2D eigenvalue weighted by molar-refractivity contribution is 7.17. The molecule has 4 rings (SSSR count). The number of thiazole rings is 1. The van der Waals surface area contributed by atoms with Crippen LogP contribution in [0.3, 0.4) is 0 Å². The smallest absolute Gasteiger partial charge is 0.350 e. The number of aliphatic hydroxyl groups is 1. The van der Waals surface area contributed by atoms with E-state index in [-0.39, 0.29) is 22.2 Å². The van der Waals surface area contributed by atoms with E-state index in [0.717, 1.165) is 16.2 Å². The molecule has 1 aliphatic rings. The molecule has 1 aliphatic heterocycles. The molecule has 1 atom stereocenters. The Labute approximate surface area is 222 Å². The van der Waals surface area contributed by atoms with Crippen LogP contribution < -0.4 is 9.64 Å². The minimum absolute atomic E-state index is 0.0744. The Bertz CT molecular complexity index is 1460. The molecule has 38 heavy (non-hydrogen) atoms. The lowest BCUT2D eigenvalue weighted by Gasteiger charge is -2.23. The van der Waals surface area contributed by atoms with Crippen LogP contribution in [0.25, 0.3) is 5.76 Å². The van der Waals surface area contributed by atoms with E-state index >= 15 is 0 Å². The van der Waals surface area contributed by atoms with E-state index < -0.39 is 35.3 Å². The van der Waals surface area contributed by atoms with Crippen molar-refractivity contribution in [1.29, 1.82) is 0 Å². The number of hydrogen-bond acceptors (Lipinski definition) is 8. The van der Waals surface area contributed by atoms with Gasteiger partial charge in [-0.1, -0.05) is 36.1 Å². The van der Waals surface area contributed by atoms with Crippen molar-refractivity contribution in [3.05, 3.63) is 93.8 Å². The standard InChI is InChI=1S/C28H25FN2O6S/c1-5-13-37-20-12-9-18(14-15(20)3)23(32)21-22(17-7-10-19(29)11-8-17)31(26(34)24(21)33)28-30-16(4)25(38-28)27(35)36-6-2/h5,7-12,14,22,32H,1,6,13H2,2-4H3. The number of carbonyl (C=O) groups is 3. The molecule has 0 saturated carbocycles. The second-order valence-electron chi connectivity index (χ2n) is 8.43. The molecule has 1 fully saturated rings. The number of anilines is 1. The highest BCUT2D eigenvalue weighted by Crippen LogP contribution is 2.44.